The summed E-state index contributed by atoms with van der Waals surface area (Å²) in [5.74, 6) is 0.748. The topological polar surface area (TPSA) is 0 Å². The summed E-state index contributed by atoms with van der Waals surface area (Å²) >= 11 is 15.4. The molecule has 0 unspecified atom stereocenters. The van der Waals surface area contributed by atoms with Crippen LogP contribution in [0.1, 0.15) is 25.3 Å². The van der Waals surface area contributed by atoms with Crippen molar-refractivity contribution in [2.24, 2.45) is 5.41 Å². The number of hydrogen-bond donors (Lipinski definition) is 0. The van der Waals surface area contributed by atoms with Crippen molar-refractivity contribution >= 4 is 39.1 Å². The van der Waals surface area contributed by atoms with Gasteiger partial charge in [0.25, 0.3) is 0 Å². The second-order valence-electron chi connectivity index (χ2n) is 4.41. The molecule has 0 amide bonds. The van der Waals surface area contributed by atoms with Crippen LogP contribution in [0.4, 0.5) is 4.39 Å². The molecule has 1 rings (SSSR count). The van der Waals surface area contributed by atoms with Gasteiger partial charge in [-0.05, 0) is 40.4 Å². The quantitative estimate of drug-likeness (QED) is 0.608. The molecule has 0 saturated heterocycles. The molecule has 0 radical (unpaired) electrons. The number of halogens is 4. The minimum Gasteiger partial charge on any atom is -0.206 e. The lowest BCUT2D eigenvalue weighted by Gasteiger charge is -2.29. The molecule has 96 valence electrons. The van der Waals surface area contributed by atoms with Crippen molar-refractivity contribution in [3.05, 3.63) is 34.1 Å². The van der Waals surface area contributed by atoms with E-state index in [0.29, 0.717) is 22.7 Å². The van der Waals surface area contributed by atoms with Gasteiger partial charge in [0.05, 0.1) is 4.47 Å². The van der Waals surface area contributed by atoms with E-state index in [-0.39, 0.29) is 11.2 Å². The zero-order chi connectivity index (χ0) is 12.9. The Morgan fingerprint density at radius 2 is 1.94 bits per heavy atom. The van der Waals surface area contributed by atoms with Crippen molar-refractivity contribution in [3.8, 4) is 0 Å². The van der Waals surface area contributed by atoms with Crippen LogP contribution in [0.2, 0.25) is 0 Å². The summed E-state index contributed by atoms with van der Waals surface area (Å²) in [4.78, 5) is 0. The summed E-state index contributed by atoms with van der Waals surface area (Å²) in [6, 6.07) is 5.07. The van der Waals surface area contributed by atoms with Gasteiger partial charge >= 0.3 is 0 Å². The van der Waals surface area contributed by atoms with Crippen LogP contribution in [0.3, 0.4) is 0 Å². The predicted molar refractivity (Wildman–Crippen MR) is 76.6 cm³/mol. The maximum absolute atomic E-state index is 13.4. The van der Waals surface area contributed by atoms with E-state index in [0.717, 1.165) is 18.4 Å². The van der Waals surface area contributed by atoms with Crippen LogP contribution < -0.4 is 0 Å². The van der Waals surface area contributed by atoms with Crippen molar-refractivity contribution in [3.63, 3.8) is 0 Å². The van der Waals surface area contributed by atoms with E-state index >= 15 is 0 Å². The Morgan fingerprint density at radius 1 is 1.29 bits per heavy atom. The molecule has 0 aliphatic carbocycles. The highest BCUT2D eigenvalue weighted by molar-refractivity contribution is 9.10. The average Bonchev–Trinajstić information content (AvgIpc) is 2.34. The van der Waals surface area contributed by atoms with E-state index in [1.807, 2.05) is 6.07 Å². The zero-order valence-corrected chi connectivity index (χ0v) is 12.9. The van der Waals surface area contributed by atoms with Crippen molar-refractivity contribution in [2.75, 3.05) is 11.8 Å². The molecule has 0 fully saturated rings. The lowest BCUT2D eigenvalue weighted by atomic mass is 9.81. The molecule has 0 aliphatic heterocycles. The largest absolute Gasteiger partial charge is 0.206 e. The maximum atomic E-state index is 13.4. The Balaban J connectivity index is 2.97. The highest BCUT2D eigenvalue weighted by Gasteiger charge is 2.28. The van der Waals surface area contributed by atoms with Crippen LogP contribution in [0.5, 0.6) is 0 Å². The second kappa shape index (κ2) is 6.96. The van der Waals surface area contributed by atoms with Crippen LogP contribution in [0.15, 0.2) is 22.7 Å². The minimum absolute atomic E-state index is 0.145. The first-order valence-corrected chi connectivity index (χ1v) is 7.49. The standard InChI is InChI=1S/C13H16BrCl2F/c1-2-6-13(8-15,9-16)7-10-4-3-5-11(17)12(10)14/h3-5H,2,6-9H2,1H3. The van der Waals surface area contributed by atoms with Crippen molar-refractivity contribution in [1.82, 2.24) is 0 Å². The highest BCUT2D eigenvalue weighted by atomic mass is 79.9. The molecule has 0 spiro atoms. The molecule has 0 aliphatic rings. The summed E-state index contributed by atoms with van der Waals surface area (Å²) in [5, 5.41) is 0. The fourth-order valence-corrected chi connectivity index (χ4v) is 3.12. The Morgan fingerprint density at radius 3 is 2.47 bits per heavy atom. The lowest BCUT2D eigenvalue weighted by Crippen LogP contribution is -2.28. The van der Waals surface area contributed by atoms with Crippen LogP contribution in [0, 0.1) is 11.2 Å². The van der Waals surface area contributed by atoms with E-state index < -0.39 is 0 Å². The molecule has 1 aromatic carbocycles. The van der Waals surface area contributed by atoms with Crippen LogP contribution in [-0.4, -0.2) is 11.8 Å². The van der Waals surface area contributed by atoms with Crippen LogP contribution in [0.25, 0.3) is 0 Å². The predicted octanol–water partition coefficient (Wildman–Crippen LogP) is 5.39. The molecular formula is C13H16BrCl2F. The zero-order valence-electron chi connectivity index (χ0n) is 9.78. The molecule has 1 aromatic rings. The van der Waals surface area contributed by atoms with E-state index in [2.05, 4.69) is 22.9 Å². The van der Waals surface area contributed by atoms with E-state index in [9.17, 15) is 4.39 Å². The smallest absolute Gasteiger partial charge is 0.137 e. The molecule has 17 heavy (non-hydrogen) atoms. The van der Waals surface area contributed by atoms with Crippen molar-refractivity contribution in [1.29, 1.82) is 0 Å². The molecule has 0 bridgehead atoms. The third-order valence-corrected chi connectivity index (χ3v) is 4.97. The highest BCUT2D eigenvalue weighted by Crippen LogP contribution is 2.34. The van der Waals surface area contributed by atoms with Gasteiger partial charge < -0.3 is 0 Å². The Hall–Kier alpha value is 0.210. The van der Waals surface area contributed by atoms with Gasteiger partial charge in [-0.1, -0.05) is 25.5 Å². The SMILES string of the molecule is CCCC(CCl)(CCl)Cc1cccc(F)c1Br. The third kappa shape index (κ3) is 3.84. The molecule has 0 N–H and O–H groups in total. The van der Waals surface area contributed by atoms with Gasteiger partial charge in [-0.2, -0.15) is 0 Å². The van der Waals surface area contributed by atoms with E-state index in [1.54, 1.807) is 6.07 Å². The van der Waals surface area contributed by atoms with E-state index in [1.165, 1.54) is 6.07 Å². The third-order valence-electron chi connectivity index (χ3n) is 2.94. The van der Waals surface area contributed by atoms with Crippen molar-refractivity contribution < 1.29 is 4.39 Å². The normalized spacial score (nSPS) is 11.8. The lowest BCUT2D eigenvalue weighted by molar-refractivity contribution is 0.340. The number of hydrogen-bond acceptors (Lipinski definition) is 0. The Bertz CT molecular complexity index is 364. The first-order chi connectivity index (χ1) is 8.08. The molecule has 0 saturated carbocycles. The summed E-state index contributed by atoms with van der Waals surface area (Å²) in [6.07, 6.45) is 2.67. The van der Waals surface area contributed by atoms with Gasteiger partial charge in [-0.25, -0.2) is 4.39 Å². The molecule has 0 atom stereocenters. The van der Waals surface area contributed by atoms with Crippen LogP contribution >= 0.6 is 39.1 Å². The molecule has 4 heteroatoms. The second-order valence-corrected chi connectivity index (χ2v) is 5.73. The molecule has 0 heterocycles. The molecule has 0 aromatic heterocycles. The Labute approximate surface area is 121 Å². The van der Waals surface area contributed by atoms with Gasteiger partial charge in [0.15, 0.2) is 0 Å². The van der Waals surface area contributed by atoms with E-state index in [4.69, 9.17) is 23.2 Å². The average molecular weight is 342 g/mol. The van der Waals surface area contributed by atoms with Gasteiger partial charge in [0, 0.05) is 17.2 Å². The first kappa shape index (κ1) is 15.3. The van der Waals surface area contributed by atoms with Gasteiger partial charge in [0.1, 0.15) is 5.82 Å². The van der Waals surface area contributed by atoms with Gasteiger partial charge in [-0.15, -0.1) is 23.2 Å². The molecule has 0 nitrogen and oxygen atoms in total. The number of alkyl halides is 2. The summed E-state index contributed by atoms with van der Waals surface area (Å²) in [6.45, 7) is 2.11. The fraction of sp³-hybridized carbons (Fsp3) is 0.538. The minimum atomic E-state index is -0.239. The maximum Gasteiger partial charge on any atom is 0.137 e. The summed E-state index contributed by atoms with van der Waals surface area (Å²) in [7, 11) is 0. The van der Waals surface area contributed by atoms with Gasteiger partial charge in [-0.3, -0.25) is 0 Å². The monoisotopic (exact) mass is 340 g/mol. The number of benzene rings is 1. The van der Waals surface area contributed by atoms with Gasteiger partial charge in [0.2, 0.25) is 0 Å². The summed E-state index contributed by atoms with van der Waals surface area (Å²) < 4.78 is 14.0. The first-order valence-electron chi connectivity index (χ1n) is 5.63. The molecular weight excluding hydrogens is 326 g/mol. The Kier molecular flexibility index (Phi) is 6.25. The summed E-state index contributed by atoms with van der Waals surface area (Å²) in [5.41, 5.74) is 0.786. The fourth-order valence-electron chi connectivity index (χ4n) is 1.97. The number of rotatable bonds is 6. The van der Waals surface area contributed by atoms with Crippen LogP contribution in [-0.2, 0) is 6.42 Å². The van der Waals surface area contributed by atoms with Crippen molar-refractivity contribution in [2.45, 2.75) is 26.2 Å².